The van der Waals surface area contributed by atoms with Crippen LogP contribution in [0.5, 0.6) is 0 Å². The molecule has 0 saturated carbocycles. The summed E-state index contributed by atoms with van der Waals surface area (Å²) in [5.74, 6) is 0.698. The van der Waals surface area contributed by atoms with E-state index in [2.05, 4.69) is 53.0 Å². The Hall–Kier alpha value is -0.460. The van der Waals surface area contributed by atoms with Crippen LogP contribution in [-0.2, 0) is 0 Å². The highest BCUT2D eigenvalue weighted by Crippen LogP contribution is 2.26. The van der Waals surface area contributed by atoms with Gasteiger partial charge in [-0.15, -0.1) is 0 Å². The molecule has 0 N–H and O–H groups in total. The number of hydrogen-bond acceptors (Lipinski definition) is 1. The molecule has 0 aromatic carbocycles. The highest BCUT2D eigenvalue weighted by Gasteiger charge is 2.21. The third-order valence-electron chi connectivity index (χ3n) is 2.89. The van der Waals surface area contributed by atoms with Gasteiger partial charge in [0.15, 0.2) is 0 Å². The van der Waals surface area contributed by atoms with Gasteiger partial charge in [0.1, 0.15) is 0 Å². The van der Waals surface area contributed by atoms with E-state index in [0.717, 1.165) is 13.1 Å². The zero-order chi connectivity index (χ0) is 10.6. The Morgan fingerprint density at radius 2 is 1.85 bits per heavy atom. The smallest absolute Gasteiger partial charge is 0.0205 e. The topological polar surface area (TPSA) is 3.24 Å². The molecule has 13 heavy (non-hydrogen) atoms. The summed E-state index contributed by atoms with van der Waals surface area (Å²) >= 11 is 0. The molecule has 0 aliphatic rings. The normalized spacial score (nSPS) is 14.0. The van der Waals surface area contributed by atoms with Gasteiger partial charge in [0.05, 0.1) is 0 Å². The van der Waals surface area contributed by atoms with Gasteiger partial charge < -0.3 is 4.90 Å². The van der Waals surface area contributed by atoms with E-state index in [1.165, 1.54) is 5.70 Å². The molecule has 1 nitrogen and oxygen atoms in total. The third kappa shape index (κ3) is 4.35. The molecule has 0 spiro atoms. The fraction of sp³-hybridized carbons (Fsp3) is 0.833. The van der Waals surface area contributed by atoms with Crippen LogP contribution in [0.15, 0.2) is 12.3 Å². The summed E-state index contributed by atoms with van der Waals surface area (Å²) in [5.41, 5.74) is 1.57. The van der Waals surface area contributed by atoms with Crippen LogP contribution in [0.3, 0.4) is 0 Å². The van der Waals surface area contributed by atoms with Crippen molar-refractivity contribution in [1.29, 1.82) is 0 Å². The van der Waals surface area contributed by atoms with Crippen molar-refractivity contribution in [2.75, 3.05) is 13.1 Å². The van der Waals surface area contributed by atoms with Gasteiger partial charge in [-0.3, -0.25) is 0 Å². The van der Waals surface area contributed by atoms with Crippen molar-refractivity contribution in [1.82, 2.24) is 4.90 Å². The van der Waals surface area contributed by atoms with Crippen molar-refractivity contribution in [3.63, 3.8) is 0 Å². The van der Waals surface area contributed by atoms with Gasteiger partial charge in [0.2, 0.25) is 0 Å². The van der Waals surface area contributed by atoms with Gasteiger partial charge in [-0.1, -0.05) is 34.3 Å². The van der Waals surface area contributed by atoms with Crippen molar-refractivity contribution in [2.24, 2.45) is 11.3 Å². The Kier molecular flexibility index (Phi) is 4.52. The van der Waals surface area contributed by atoms with Crippen LogP contribution in [-0.4, -0.2) is 18.0 Å². The summed E-state index contributed by atoms with van der Waals surface area (Å²) in [5, 5.41) is 0. The van der Waals surface area contributed by atoms with E-state index in [1.807, 2.05) is 0 Å². The third-order valence-corrected chi connectivity index (χ3v) is 2.89. The Labute approximate surface area is 83.8 Å². The summed E-state index contributed by atoms with van der Waals surface area (Å²) < 4.78 is 0. The number of rotatable bonds is 4. The van der Waals surface area contributed by atoms with E-state index < -0.39 is 0 Å². The molecule has 0 fully saturated rings. The minimum Gasteiger partial charge on any atom is -0.376 e. The van der Waals surface area contributed by atoms with Crippen LogP contribution >= 0.6 is 0 Å². The lowest BCUT2D eigenvalue weighted by Gasteiger charge is -2.33. The van der Waals surface area contributed by atoms with Crippen molar-refractivity contribution in [3.8, 4) is 0 Å². The zero-order valence-electron chi connectivity index (χ0n) is 10.1. The minimum absolute atomic E-state index is 0.392. The largest absolute Gasteiger partial charge is 0.376 e. The molecule has 0 aliphatic carbocycles. The fourth-order valence-electron chi connectivity index (χ4n) is 1.16. The summed E-state index contributed by atoms with van der Waals surface area (Å²) in [6.07, 6.45) is 0. The average Bonchev–Trinajstić information content (AvgIpc) is 1.96. The van der Waals surface area contributed by atoms with E-state index in [4.69, 9.17) is 0 Å². The predicted octanol–water partition coefficient (Wildman–Crippen LogP) is 3.52. The number of hydrogen-bond donors (Lipinski definition) is 0. The summed E-state index contributed by atoms with van der Waals surface area (Å²) in [6.45, 7) is 19.6. The summed E-state index contributed by atoms with van der Waals surface area (Å²) in [4.78, 5) is 2.34. The highest BCUT2D eigenvalue weighted by atomic mass is 15.1. The van der Waals surface area contributed by atoms with Crippen LogP contribution in [0.1, 0.15) is 41.5 Å². The van der Waals surface area contributed by atoms with Crippen molar-refractivity contribution < 1.29 is 0 Å². The van der Waals surface area contributed by atoms with Crippen LogP contribution in [0, 0.1) is 11.3 Å². The maximum Gasteiger partial charge on any atom is 0.0205 e. The monoisotopic (exact) mass is 183 g/mol. The lowest BCUT2D eigenvalue weighted by molar-refractivity contribution is 0.192. The molecule has 78 valence electrons. The molecular weight excluding hydrogens is 158 g/mol. The van der Waals surface area contributed by atoms with Crippen LogP contribution in [0.25, 0.3) is 0 Å². The minimum atomic E-state index is 0.392. The molecule has 1 atom stereocenters. The van der Waals surface area contributed by atoms with E-state index in [0.29, 0.717) is 11.3 Å². The molecule has 0 aliphatic heterocycles. The van der Waals surface area contributed by atoms with E-state index in [-0.39, 0.29) is 0 Å². The van der Waals surface area contributed by atoms with Crippen molar-refractivity contribution in [2.45, 2.75) is 41.5 Å². The van der Waals surface area contributed by atoms with Crippen molar-refractivity contribution in [3.05, 3.63) is 12.3 Å². The predicted molar refractivity (Wildman–Crippen MR) is 60.7 cm³/mol. The zero-order valence-corrected chi connectivity index (χ0v) is 10.1. The van der Waals surface area contributed by atoms with Crippen LogP contribution in [0.4, 0.5) is 0 Å². The first-order valence-corrected chi connectivity index (χ1v) is 5.19. The van der Waals surface area contributed by atoms with Crippen molar-refractivity contribution >= 4 is 0 Å². The van der Waals surface area contributed by atoms with Gasteiger partial charge in [-0.05, 0) is 25.2 Å². The first kappa shape index (κ1) is 12.5. The molecule has 0 unspecified atom stereocenters. The second-order valence-corrected chi connectivity index (χ2v) is 5.04. The Bertz CT molecular complexity index is 164. The second kappa shape index (κ2) is 4.69. The van der Waals surface area contributed by atoms with Gasteiger partial charge >= 0.3 is 0 Å². The standard InChI is InChI=1S/C12H25N/c1-8-13(10(2)3)9-11(4)12(5,6)7/h11H,2,8-9H2,1,3-7H3/t11-/m1/s1. The first-order valence-electron chi connectivity index (χ1n) is 5.19. The molecule has 0 heterocycles. The molecule has 0 bridgehead atoms. The summed E-state index contributed by atoms with van der Waals surface area (Å²) in [6, 6.07) is 0. The molecule has 0 radical (unpaired) electrons. The van der Waals surface area contributed by atoms with Crippen LogP contribution in [0.2, 0.25) is 0 Å². The highest BCUT2D eigenvalue weighted by molar-refractivity contribution is 4.89. The lowest BCUT2D eigenvalue weighted by Crippen LogP contribution is -2.32. The quantitative estimate of drug-likeness (QED) is 0.644. The Morgan fingerprint density at radius 1 is 1.38 bits per heavy atom. The molecule has 1 heteroatoms. The average molecular weight is 183 g/mol. The van der Waals surface area contributed by atoms with Gasteiger partial charge in [-0.2, -0.15) is 0 Å². The van der Waals surface area contributed by atoms with Gasteiger partial charge in [-0.25, -0.2) is 0 Å². The maximum absolute atomic E-state index is 3.99. The van der Waals surface area contributed by atoms with E-state index >= 15 is 0 Å². The van der Waals surface area contributed by atoms with E-state index in [1.54, 1.807) is 0 Å². The fourth-order valence-corrected chi connectivity index (χ4v) is 1.16. The molecule has 0 amide bonds. The molecule has 0 aromatic rings. The molecule has 0 aromatic heterocycles. The second-order valence-electron chi connectivity index (χ2n) is 5.04. The van der Waals surface area contributed by atoms with Crippen LogP contribution < -0.4 is 0 Å². The Balaban J connectivity index is 4.17. The number of nitrogens with zero attached hydrogens (tertiary/aromatic N) is 1. The SMILES string of the molecule is C=C(C)N(CC)C[C@@H](C)C(C)(C)C. The van der Waals surface area contributed by atoms with E-state index in [9.17, 15) is 0 Å². The number of allylic oxidation sites excluding steroid dienone is 1. The molecule has 0 saturated heterocycles. The molecular formula is C12H25N. The summed E-state index contributed by atoms with van der Waals surface area (Å²) in [7, 11) is 0. The lowest BCUT2D eigenvalue weighted by atomic mass is 9.82. The Morgan fingerprint density at radius 3 is 2.08 bits per heavy atom. The maximum atomic E-state index is 3.99. The molecule has 0 rings (SSSR count). The first-order chi connectivity index (χ1) is 5.79. The van der Waals surface area contributed by atoms with Gasteiger partial charge in [0, 0.05) is 18.8 Å². The van der Waals surface area contributed by atoms with Gasteiger partial charge in [0.25, 0.3) is 0 Å².